The molecule has 1 aliphatic carbocycles. The highest BCUT2D eigenvalue weighted by Crippen LogP contribution is 2.50. The molecule has 54 heavy (non-hydrogen) atoms. The molecule has 0 aromatic heterocycles. The number of carbonyl (C=O) groups excluding carboxylic acids is 2. The van der Waals surface area contributed by atoms with Gasteiger partial charge in [0, 0.05) is 61.1 Å². The van der Waals surface area contributed by atoms with Gasteiger partial charge in [-0.3, -0.25) is 9.59 Å². The van der Waals surface area contributed by atoms with Crippen LogP contribution in [0.15, 0.2) is 160 Å². The second-order valence-electron chi connectivity index (χ2n) is 13.5. The van der Waals surface area contributed by atoms with E-state index >= 15 is 0 Å². The Bertz CT molecular complexity index is 2430. The van der Waals surface area contributed by atoms with Crippen molar-refractivity contribution in [1.82, 2.24) is 0 Å². The molecule has 0 aliphatic heterocycles. The first kappa shape index (κ1) is 36.1. The smallest absolute Gasteiger partial charge is 0.198 e. The van der Waals surface area contributed by atoms with Crippen molar-refractivity contribution in [1.29, 1.82) is 0 Å². The number of aryl methyl sites for hydroxylation is 4. The first-order valence-corrected chi connectivity index (χ1v) is 20.6. The molecule has 1 aliphatic rings. The number of carbonyl (C=O) groups is 2. The van der Waals surface area contributed by atoms with Crippen LogP contribution in [0.1, 0.15) is 54.1 Å². The zero-order valence-corrected chi connectivity index (χ0v) is 33.2. The van der Waals surface area contributed by atoms with Gasteiger partial charge in [-0.05, 0) is 100 Å². The Morgan fingerprint density at radius 1 is 0.370 bits per heavy atom. The van der Waals surface area contributed by atoms with E-state index in [1.165, 1.54) is 47.0 Å². The summed E-state index contributed by atoms with van der Waals surface area (Å²) in [4.78, 5) is 36.3. The van der Waals surface area contributed by atoms with Crippen LogP contribution in [0.25, 0.3) is 10.8 Å². The van der Waals surface area contributed by atoms with Gasteiger partial charge in [-0.1, -0.05) is 118 Å². The van der Waals surface area contributed by atoms with Crippen LogP contribution in [0.2, 0.25) is 0 Å². The third-order valence-corrected chi connectivity index (χ3v) is 13.9. The second-order valence-corrected chi connectivity index (χ2v) is 17.9. The predicted molar refractivity (Wildman–Crippen MR) is 222 cm³/mol. The van der Waals surface area contributed by atoms with Gasteiger partial charge in [-0.15, -0.1) is 0 Å². The molecule has 8 rings (SSSR count). The van der Waals surface area contributed by atoms with Crippen LogP contribution in [0.4, 0.5) is 0 Å². The number of phenolic OH excluding ortho intramolecular Hbond substituents is 2. The van der Waals surface area contributed by atoms with Crippen molar-refractivity contribution in [3.8, 4) is 11.5 Å². The van der Waals surface area contributed by atoms with E-state index in [4.69, 9.17) is 0 Å². The first-order valence-electron chi connectivity index (χ1n) is 17.3. The molecule has 8 heteroatoms. The van der Waals surface area contributed by atoms with E-state index in [2.05, 4.69) is 0 Å². The highest BCUT2D eigenvalue weighted by molar-refractivity contribution is 8.02. The molecule has 0 atom stereocenters. The number of benzene rings is 7. The van der Waals surface area contributed by atoms with Crippen molar-refractivity contribution in [3.05, 3.63) is 166 Å². The maximum atomic E-state index is 14.5. The Kier molecular flexibility index (Phi) is 9.87. The van der Waals surface area contributed by atoms with E-state index in [1.54, 1.807) is 12.1 Å². The van der Waals surface area contributed by atoms with Gasteiger partial charge < -0.3 is 10.2 Å². The minimum absolute atomic E-state index is 0.173. The van der Waals surface area contributed by atoms with Gasteiger partial charge in [0.2, 0.25) is 0 Å². The molecule has 0 bridgehead atoms. The highest BCUT2D eigenvalue weighted by atomic mass is 32.2. The van der Waals surface area contributed by atoms with Crippen LogP contribution in [0.5, 0.6) is 11.5 Å². The molecule has 0 radical (unpaired) electrons. The number of hydrogen-bond acceptors (Lipinski definition) is 8. The van der Waals surface area contributed by atoms with Gasteiger partial charge in [-0.25, -0.2) is 0 Å². The minimum atomic E-state index is -0.502. The summed E-state index contributed by atoms with van der Waals surface area (Å²) < 4.78 is 0. The largest absolute Gasteiger partial charge is 0.506 e. The van der Waals surface area contributed by atoms with E-state index in [0.717, 1.165) is 61.4 Å². The Hall–Kier alpha value is -4.86. The van der Waals surface area contributed by atoms with Gasteiger partial charge in [0.05, 0.1) is 11.1 Å². The van der Waals surface area contributed by atoms with Crippen molar-refractivity contribution in [3.63, 3.8) is 0 Å². The molecule has 4 nitrogen and oxygen atoms in total. The summed E-state index contributed by atoms with van der Waals surface area (Å²) in [7, 11) is 0. The van der Waals surface area contributed by atoms with Gasteiger partial charge in [-0.2, -0.15) is 0 Å². The summed E-state index contributed by atoms with van der Waals surface area (Å²) in [5, 5.41) is 24.5. The molecule has 0 saturated carbocycles. The molecular weight excluding hydrogens is 745 g/mol. The van der Waals surface area contributed by atoms with Crippen LogP contribution in [-0.4, -0.2) is 21.8 Å². The van der Waals surface area contributed by atoms with Crippen molar-refractivity contribution < 1.29 is 19.8 Å². The van der Waals surface area contributed by atoms with E-state index in [9.17, 15) is 19.8 Å². The van der Waals surface area contributed by atoms with Crippen LogP contribution in [0, 0.1) is 27.7 Å². The molecule has 0 heterocycles. The number of rotatable bonds is 8. The average molecular weight is 779 g/mol. The average Bonchev–Trinajstić information content (AvgIpc) is 3.16. The lowest BCUT2D eigenvalue weighted by atomic mass is 9.81. The fourth-order valence-electron chi connectivity index (χ4n) is 6.36. The molecule has 0 amide bonds. The lowest BCUT2D eigenvalue weighted by Crippen LogP contribution is -2.22. The molecule has 2 N–H and O–H groups in total. The van der Waals surface area contributed by atoms with Crippen molar-refractivity contribution in [2.45, 2.75) is 66.9 Å². The summed E-state index contributed by atoms with van der Waals surface area (Å²) in [6.07, 6.45) is 0. The Balaban J connectivity index is 1.28. The molecule has 266 valence electrons. The molecule has 0 unspecified atom stereocenters. The van der Waals surface area contributed by atoms with E-state index in [-0.39, 0.29) is 33.8 Å². The molecule has 0 fully saturated rings. The van der Waals surface area contributed by atoms with Gasteiger partial charge in [0.1, 0.15) is 11.5 Å². The Morgan fingerprint density at radius 2 is 0.611 bits per heavy atom. The maximum absolute atomic E-state index is 14.5. The number of ketones is 2. The maximum Gasteiger partial charge on any atom is 0.198 e. The topological polar surface area (TPSA) is 74.6 Å². The van der Waals surface area contributed by atoms with Gasteiger partial charge >= 0.3 is 0 Å². The normalized spacial score (nSPS) is 12.2. The summed E-state index contributed by atoms with van der Waals surface area (Å²) >= 11 is 6.11. The van der Waals surface area contributed by atoms with Crippen LogP contribution >= 0.6 is 47.0 Å². The summed E-state index contributed by atoms with van der Waals surface area (Å²) in [5.41, 5.74) is 4.62. The lowest BCUT2D eigenvalue weighted by Gasteiger charge is -2.23. The monoisotopic (exact) mass is 778 g/mol. The van der Waals surface area contributed by atoms with E-state index in [0.29, 0.717) is 10.8 Å². The number of hydrogen-bond donors (Lipinski definition) is 2. The summed E-state index contributed by atoms with van der Waals surface area (Å²) in [6, 6.07) is 39.9. The second kappa shape index (κ2) is 14.8. The van der Waals surface area contributed by atoms with Gasteiger partial charge in [0.25, 0.3) is 0 Å². The fraction of sp³-hybridized carbons (Fsp3) is 0.0870. The number of aromatic hydroxyl groups is 2. The SMILES string of the molecule is Cc1ccc(Sc2cc3c(cc2Sc2ccc(C)cc2)C(=O)c2c(c(O)c4cc(Sc5ccc(C)cc5)c(Sc5ccc(C)cc5)cc4c2O)C3=O)cc1. The van der Waals surface area contributed by atoms with Crippen molar-refractivity contribution in [2.24, 2.45) is 0 Å². The van der Waals surface area contributed by atoms with Crippen LogP contribution < -0.4 is 0 Å². The zero-order valence-electron chi connectivity index (χ0n) is 29.9. The van der Waals surface area contributed by atoms with Crippen molar-refractivity contribution >= 4 is 69.4 Å². The highest BCUT2D eigenvalue weighted by Gasteiger charge is 2.37. The minimum Gasteiger partial charge on any atom is -0.506 e. The number of fused-ring (bicyclic) bond motifs is 3. The van der Waals surface area contributed by atoms with Crippen LogP contribution in [-0.2, 0) is 0 Å². The molecule has 7 aromatic rings. The zero-order chi connectivity index (χ0) is 37.7. The molecular formula is C46H34O4S4. The lowest BCUT2D eigenvalue weighted by molar-refractivity contribution is 0.0974. The van der Waals surface area contributed by atoms with E-state index < -0.39 is 11.6 Å². The third kappa shape index (κ3) is 7.07. The number of phenols is 2. The predicted octanol–water partition coefficient (Wildman–Crippen LogP) is 12.9. The Labute approximate surface area is 331 Å². The Morgan fingerprint density at radius 3 is 0.870 bits per heavy atom. The summed E-state index contributed by atoms with van der Waals surface area (Å²) in [5.74, 6) is -1.63. The van der Waals surface area contributed by atoms with E-state index in [1.807, 2.05) is 137 Å². The third-order valence-electron chi connectivity index (χ3n) is 9.34. The van der Waals surface area contributed by atoms with Crippen molar-refractivity contribution in [2.75, 3.05) is 0 Å². The summed E-state index contributed by atoms with van der Waals surface area (Å²) in [6.45, 7) is 8.15. The molecule has 0 spiro atoms. The molecule has 0 saturated heterocycles. The standard InChI is InChI=1S/C46H34O4S4/c1-25-5-13-29(14-6-25)51-37-21-33-34(22-38(37)52-30-15-7-26(2)8-16-30)44(48)42-41(43(33)47)45(49)35-23-39(53-31-17-9-27(3)10-18-31)40(24-36(35)46(42)50)54-32-19-11-28(4)12-20-32/h5-24,47-48H,1-4H3. The van der Waals surface area contributed by atoms with Crippen LogP contribution in [0.3, 0.4) is 0 Å². The quantitative estimate of drug-likeness (QED) is 0.148. The fourth-order valence-corrected chi connectivity index (χ4v) is 10.3. The first-order chi connectivity index (χ1) is 26.0. The molecule has 7 aromatic carbocycles. The van der Waals surface area contributed by atoms with Gasteiger partial charge in [0.15, 0.2) is 11.6 Å².